The first-order valence-corrected chi connectivity index (χ1v) is 5.84. The van der Waals surface area contributed by atoms with E-state index in [1.807, 2.05) is 30.3 Å². The Labute approximate surface area is 101 Å². The van der Waals surface area contributed by atoms with E-state index in [0.717, 1.165) is 25.1 Å². The van der Waals surface area contributed by atoms with Crippen LogP contribution in [0.2, 0.25) is 0 Å². The maximum Gasteiger partial charge on any atom is 0.241 e. The highest BCUT2D eigenvalue weighted by Crippen LogP contribution is 2.05. The number of likely N-dealkylation sites (tertiary alicyclic amines) is 1. The number of nitrogens with one attached hydrogen (secondary N) is 1. The predicted octanol–water partition coefficient (Wildman–Crippen LogP) is 0.578. The Morgan fingerprint density at radius 3 is 2.47 bits per heavy atom. The van der Waals surface area contributed by atoms with Crippen LogP contribution in [0, 0.1) is 0 Å². The molecule has 2 amide bonds. The van der Waals surface area contributed by atoms with E-state index >= 15 is 0 Å². The van der Waals surface area contributed by atoms with Crippen LogP contribution in [0.1, 0.15) is 12.0 Å². The van der Waals surface area contributed by atoms with Gasteiger partial charge in [0.15, 0.2) is 0 Å². The van der Waals surface area contributed by atoms with Gasteiger partial charge in [0, 0.05) is 13.1 Å². The number of hydrogen-bond donors (Lipinski definition) is 1. The third-order valence-corrected chi connectivity index (χ3v) is 2.85. The molecule has 17 heavy (non-hydrogen) atoms. The fraction of sp³-hybridized carbons (Fsp3) is 0.385. The average Bonchev–Trinajstić information content (AvgIpc) is 2.25. The Balaban J connectivity index is 1.72. The molecule has 1 aromatic carbocycles. The largest absolute Gasteiger partial charge is 0.347 e. The summed E-state index contributed by atoms with van der Waals surface area (Å²) in [6.07, 6.45) is 1.40. The first-order valence-electron chi connectivity index (χ1n) is 5.84. The van der Waals surface area contributed by atoms with E-state index in [2.05, 4.69) is 5.32 Å². The number of carbonyl (C=O) groups is 2. The highest BCUT2D eigenvalue weighted by molar-refractivity contribution is 5.86. The van der Waals surface area contributed by atoms with Crippen molar-refractivity contribution in [3.63, 3.8) is 0 Å². The lowest BCUT2D eigenvalue weighted by Gasteiger charge is -2.30. The zero-order valence-electron chi connectivity index (χ0n) is 9.69. The lowest BCUT2D eigenvalue weighted by molar-refractivity contribution is -0.135. The lowest BCUT2D eigenvalue weighted by Crippen LogP contribution is -2.47. The summed E-state index contributed by atoms with van der Waals surface area (Å²) in [5.74, 6) is -0.0947. The number of hydrogen-bond acceptors (Lipinski definition) is 2. The summed E-state index contributed by atoms with van der Waals surface area (Å²) < 4.78 is 0. The minimum Gasteiger partial charge on any atom is -0.347 e. The summed E-state index contributed by atoms with van der Waals surface area (Å²) in [7, 11) is 0. The first kappa shape index (κ1) is 11.6. The fourth-order valence-corrected chi connectivity index (χ4v) is 1.70. The molecule has 4 nitrogen and oxygen atoms in total. The quantitative estimate of drug-likeness (QED) is 0.825. The fourth-order valence-electron chi connectivity index (χ4n) is 1.70. The summed E-state index contributed by atoms with van der Waals surface area (Å²) in [5, 5.41) is 2.65. The normalized spacial score (nSPS) is 14.0. The van der Waals surface area contributed by atoms with Gasteiger partial charge in [-0.3, -0.25) is 9.59 Å². The van der Waals surface area contributed by atoms with Crippen LogP contribution in [0.15, 0.2) is 30.3 Å². The Kier molecular flexibility index (Phi) is 3.75. The molecule has 90 valence electrons. The molecule has 0 spiro atoms. The number of amides is 2. The summed E-state index contributed by atoms with van der Waals surface area (Å²) >= 11 is 0. The molecular formula is C13H16N2O2. The van der Waals surface area contributed by atoms with Crippen molar-refractivity contribution >= 4 is 11.8 Å². The molecule has 1 saturated heterocycles. The molecule has 4 heteroatoms. The van der Waals surface area contributed by atoms with Gasteiger partial charge in [-0.1, -0.05) is 30.3 Å². The molecule has 1 fully saturated rings. The summed E-state index contributed by atoms with van der Waals surface area (Å²) in [4.78, 5) is 24.8. The van der Waals surface area contributed by atoms with Crippen LogP contribution in [-0.4, -0.2) is 36.3 Å². The molecule has 0 bridgehead atoms. The van der Waals surface area contributed by atoms with Crippen LogP contribution < -0.4 is 5.32 Å². The van der Waals surface area contributed by atoms with Crippen molar-refractivity contribution in [2.45, 2.75) is 12.8 Å². The second-order valence-electron chi connectivity index (χ2n) is 4.17. The third-order valence-electron chi connectivity index (χ3n) is 2.85. The maximum atomic E-state index is 11.6. The third kappa shape index (κ3) is 3.31. The molecule has 0 radical (unpaired) electrons. The molecule has 1 aromatic rings. The Morgan fingerprint density at radius 2 is 1.88 bits per heavy atom. The van der Waals surface area contributed by atoms with Gasteiger partial charge in [-0.05, 0) is 12.0 Å². The molecule has 0 saturated carbocycles. The van der Waals surface area contributed by atoms with Crippen molar-refractivity contribution in [1.29, 1.82) is 0 Å². The molecule has 2 rings (SSSR count). The maximum absolute atomic E-state index is 11.6. The van der Waals surface area contributed by atoms with Gasteiger partial charge in [0.1, 0.15) is 0 Å². The smallest absolute Gasteiger partial charge is 0.241 e. The average molecular weight is 232 g/mol. The summed E-state index contributed by atoms with van der Waals surface area (Å²) in [6, 6.07) is 9.50. The first-order chi connectivity index (χ1) is 8.25. The molecule has 0 atom stereocenters. The highest BCUT2D eigenvalue weighted by Gasteiger charge is 2.19. The van der Waals surface area contributed by atoms with E-state index in [1.54, 1.807) is 4.90 Å². The van der Waals surface area contributed by atoms with Crippen LogP contribution in [0.4, 0.5) is 0 Å². The highest BCUT2D eigenvalue weighted by atomic mass is 16.2. The van der Waals surface area contributed by atoms with Crippen molar-refractivity contribution in [1.82, 2.24) is 10.2 Å². The standard InChI is InChI=1S/C13H16N2O2/c16-12(9-11-5-2-1-3-6-11)14-10-13(17)15-7-4-8-15/h1-3,5-6H,4,7-10H2,(H,14,16). The monoisotopic (exact) mass is 232 g/mol. The zero-order chi connectivity index (χ0) is 12.1. The van der Waals surface area contributed by atoms with Crippen LogP contribution in [-0.2, 0) is 16.0 Å². The van der Waals surface area contributed by atoms with Gasteiger partial charge >= 0.3 is 0 Å². The van der Waals surface area contributed by atoms with Crippen molar-refractivity contribution in [2.24, 2.45) is 0 Å². The van der Waals surface area contributed by atoms with Crippen LogP contribution >= 0.6 is 0 Å². The Morgan fingerprint density at radius 1 is 1.18 bits per heavy atom. The van der Waals surface area contributed by atoms with Gasteiger partial charge in [-0.15, -0.1) is 0 Å². The molecule has 0 aliphatic carbocycles. The molecule has 1 aliphatic heterocycles. The van der Waals surface area contributed by atoms with Gasteiger partial charge < -0.3 is 10.2 Å². The molecule has 0 aromatic heterocycles. The number of carbonyl (C=O) groups excluding carboxylic acids is 2. The SMILES string of the molecule is O=C(Cc1ccccc1)NCC(=O)N1CCC1. The van der Waals surface area contributed by atoms with Crippen molar-refractivity contribution in [3.8, 4) is 0 Å². The van der Waals surface area contributed by atoms with Gasteiger partial charge in [-0.25, -0.2) is 0 Å². The second kappa shape index (κ2) is 5.48. The van der Waals surface area contributed by atoms with E-state index in [4.69, 9.17) is 0 Å². The summed E-state index contributed by atoms with van der Waals surface area (Å²) in [6.45, 7) is 1.77. The minimum absolute atomic E-state index is 0.0117. The van der Waals surface area contributed by atoms with Gasteiger partial charge in [-0.2, -0.15) is 0 Å². The molecule has 1 N–H and O–H groups in total. The molecule has 1 heterocycles. The molecular weight excluding hydrogens is 216 g/mol. The topological polar surface area (TPSA) is 49.4 Å². The zero-order valence-corrected chi connectivity index (χ0v) is 9.69. The Hall–Kier alpha value is -1.84. The Bertz CT molecular complexity index is 399. The van der Waals surface area contributed by atoms with E-state index in [-0.39, 0.29) is 18.4 Å². The predicted molar refractivity (Wildman–Crippen MR) is 64.4 cm³/mol. The summed E-state index contributed by atoms with van der Waals surface area (Å²) in [5.41, 5.74) is 0.960. The minimum atomic E-state index is -0.106. The van der Waals surface area contributed by atoms with E-state index in [0.29, 0.717) is 6.42 Å². The van der Waals surface area contributed by atoms with E-state index in [9.17, 15) is 9.59 Å². The molecule has 0 unspecified atom stereocenters. The lowest BCUT2D eigenvalue weighted by atomic mass is 10.1. The van der Waals surface area contributed by atoms with Crippen LogP contribution in [0.5, 0.6) is 0 Å². The van der Waals surface area contributed by atoms with Crippen LogP contribution in [0.3, 0.4) is 0 Å². The van der Waals surface area contributed by atoms with Crippen LogP contribution in [0.25, 0.3) is 0 Å². The number of rotatable bonds is 4. The van der Waals surface area contributed by atoms with E-state index < -0.39 is 0 Å². The van der Waals surface area contributed by atoms with Crippen molar-refractivity contribution in [2.75, 3.05) is 19.6 Å². The van der Waals surface area contributed by atoms with Crippen molar-refractivity contribution in [3.05, 3.63) is 35.9 Å². The van der Waals surface area contributed by atoms with Crippen molar-refractivity contribution < 1.29 is 9.59 Å². The number of nitrogens with zero attached hydrogens (tertiary/aromatic N) is 1. The second-order valence-corrected chi connectivity index (χ2v) is 4.17. The van der Waals surface area contributed by atoms with Gasteiger partial charge in [0.25, 0.3) is 0 Å². The van der Waals surface area contributed by atoms with E-state index in [1.165, 1.54) is 0 Å². The van der Waals surface area contributed by atoms with Gasteiger partial charge in [0.2, 0.25) is 11.8 Å². The van der Waals surface area contributed by atoms with Gasteiger partial charge in [0.05, 0.1) is 13.0 Å². The molecule has 1 aliphatic rings. The number of benzene rings is 1.